The number of carbonyl (C=O) groups is 1. The third-order valence-electron chi connectivity index (χ3n) is 2.61. The Hall–Kier alpha value is -1.53. The number of halogens is 1. The lowest BCUT2D eigenvalue weighted by atomic mass is 10.2. The van der Waals surface area contributed by atoms with Crippen LogP contribution in [-0.4, -0.2) is 23.8 Å². The average molecular weight is 312 g/mol. The summed E-state index contributed by atoms with van der Waals surface area (Å²) in [5.41, 5.74) is 0.652. The number of fused-ring (bicyclic) bond motifs is 1. The Kier molecular flexibility index (Phi) is 2.97. The maximum absolute atomic E-state index is 11.9. The van der Waals surface area contributed by atoms with E-state index in [0.29, 0.717) is 17.2 Å². The van der Waals surface area contributed by atoms with Crippen molar-refractivity contribution in [1.29, 1.82) is 0 Å². The molecule has 2 aliphatic rings. The molecule has 94 valence electrons. The molecule has 1 aromatic rings. The van der Waals surface area contributed by atoms with Crippen LogP contribution in [0.1, 0.15) is 0 Å². The van der Waals surface area contributed by atoms with Crippen molar-refractivity contribution in [3.8, 4) is 11.5 Å². The van der Waals surface area contributed by atoms with Crippen molar-refractivity contribution in [3.05, 3.63) is 30.4 Å². The van der Waals surface area contributed by atoms with Crippen LogP contribution in [0.4, 0.5) is 5.69 Å². The number of hydrogen-bond donors (Lipinski definition) is 1. The van der Waals surface area contributed by atoms with E-state index in [0.717, 1.165) is 0 Å². The molecule has 0 bridgehead atoms. The SMILES string of the molecule is O=C(Nc1ccc2c(c1)OCO2)C1C=CC(Br)O1. The molecule has 0 saturated carbocycles. The summed E-state index contributed by atoms with van der Waals surface area (Å²) < 4.78 is 15.8. The highest BCUT2D eigenvalue weighted by Gasteiger charge is 2.24. The molecule has 2 aliphatic heterocycles. The second kappa shape index (κ2) is 4.62. The highest BCUT2D eigenvalue weighted by molar-refractivity contribution is 9.09. The van der Waals surface area contributed by atoms with Crippen molar-refractivity contribution >= 4 is 27.5 Å². The highest BCUT2D eigenvalue weighted by Crippen LogP contribution is 2.34. The van der Waals surface area contributed by atoms with E-state index in [-0.39, 0.29) is 17.7 Å². The van der Waals surface area contributed by atoms with Gasteiger partial charge in [0.15, 0.2) is 17.6 Å². The molecule has 0 fully saturated rings. The van der Waals surface area contributed by atoms with Crippen LogP contribution in [0.3, 0.4) is 0 Å². The van der Waals surface area contributed by atoms with Gasteiger partial charge in [0.2, 0.25) is 6.79 Å². The van der Waals surface area contributed by atoms with Gasteiger partial charge in [-0.05, 0) is 24.3 Å². The van der Waals surface area contributed by atoms with E-state index >= 15 is 0 Å². The normalized spacial score (nSPS) is 24.3. The molecule has 0 radical (unpaired) electrons. The Morgan fingerprint density at radius 3 is 2.89 bits per heavy atom. The molecule has 0 saturated heterocycles. The maximum Gasteiger partial charge on any atom is 0.257 e. The Balaban J connectivity index is 1.69. The molecule has 5 nitrogen and oxygen atoms in total. The molecule has 6 heteroatoms. The molecule has 2 atom stereocenters. The topological polar surface area (TPSA) is 56.8 Å². The zero-order valence-electron chi connectivity index (χ0n) is 9.26. The van der Waals surface area contributed by atoms with Crippen molar-refractivity contribution in [3.63, 3.8) is 0 Å². The van der Waals surface area contributed by atoms with E-state index in [1.807, 2.05) is 0 Å². The lowest BCUT2D eigenvalue weighted by molar-refractivity contribution is -0.123. The number of ether oxygens (including phenoxy) is 3. The van der Waals surface area contributed by atoms with Crippen molar-refractivity contribution in [2.45, 2.75) is 11.1 Å². The van der Waals surface area contributed by atoms with Crippen LogP contribution in [0, 0.1) is 0 Å². The molecule has 1 amide bonds. The van der Waals surface area contributed by atoms with Crippen LogP contribution >= 0.6 is 15.9 Å². The Labute approximate surface area is 112 Å². The zero-order valence-corrected chi connectivity index (χ0v) is 10.8. The largest absolute Gasteiger partial charge is 0.454 e. The van der Waals surface area contributed by atoms with Crippen molar-refractivity contribution < 1.29 is 19.0 Å². The second-order valence-corrected chi connectivity index (χ2v) is 4.75. The summed E-state index contributed by atoms with van der Waals surface area (Å²) in [6, 6.07) is 5.25. The second-order valence-electron chi connectivity index (χ2n) is 3.85. The van der Waals surface area contributed by atoms with Gasteiger partial charge in [0, 0.05) is 11.8 Å². The van der Waals surface area contributed by atoms with Gasteiger partial charge < -0.3 is 19.5 Å². The molecule has 2 heterocycles. The molecule has 2 unspecified atom stereocenters. The number of anilines is 1. The highest BCUT2D eigenvalue weighted by atomic mass is 79.9. The van der Waals surface area contributed by atoms with Crippen LogP contribution < -0.4 is 14.8 Å². The van der Waals surface area contributed by atoms with Crippen molar-refractivity contribution in [2.24, 2.45) is 0 Å². The molecular formula is C12H10BrNO4. The van der Waals surface area contributed by atoms with Gasteiger partial charge in [-0.2, -0.15) is 0 Å². The van der Waals surface area contributed by atoms with E-state index in [4.69, 9.17) is 14.2 Å². The summed E-state index contributed by atoms with van der Waals surface area (Å²) >= 11 is 3.25. The lowest BCUT2D eigenvalue weighted by Gasteiger charge is -2.11. The third kappa shape index (κ3) is 2.21. The first kappa shape index (κ1) is 11.6. The van der Waals surface area contributed by atoms with Gasteiger partial charge in [-0.15, -0.1) is 0 Å². The van der Waals surface area contributed by atoms with Crippen molar-refractivity contribution in [2.75, 3.05) is 12.1 Å². The van der Waals surface area contributed by atoms with Gasteiger partial charge in [0.1, 0.15) is 5.01 Å². The summed E-state index contributed by atoms with van der Waals surface area (Å²) in [7, 11) is 0. The van der Waals surface area contributed by atoms with Crippen LogP contribution in [0.5, 0.6) is 11.5 Å². The maximum atomic E-state index is 11.9. The minimum Gasteiger partial charge on any atom is -0.454 e. The lowest BCUT2D eigenvalue weighted by Crippen LogP contribution is -2.27. The minimum atomic E-state index is -0.570. The smallest absolute Gasteiger partial charge is 0.257 e. The summed E-state index contributed by atoms with van der Waals surface area (Å²) in [5, 5.41) is 2.56. The number of amides is 1. The molecular weight excluding hydrogens is 302 g/mol. The third-order valence-corrected chi connectivity index (χ3v) is 3.13. The van der Waals surface area contributed by atoms with Crippen LogP contribution in [0.25, 0.3) is 0 Å². The van der Waals surface area contributed by atoms with E-state index in [1.165, 1.54) is 0 Å². The fourth-order valence-corrected chi connectivity index (χ4v) is 2.16. The fraction of sp³-hybridized carbons (Fsp3) is 0.250. The predicted octanol–water partition coefficient (Wildman–Crippen LogP) is 2.03. The van der Waals surface area contributed by atoms with Gasteiger partial charge in [-0.1, -0.05) is 15.9 Å². The van der Waals surface area contributed by atoms with E-state index in [1.54, 1.807) is 30.4 Å². The first-order valence-corrected chi connectivity index (χ1v) is 6.32. The summed E-state index contributed by atoms with van der Waals surface area (Å²) in [5.74, 6) is 1.10. The first-order chi connectivity index (χ1) is 8.72. The average Bonchev–Trinajstić information content (AvgIpc) is 2.96. The van der Waals surface area contributed by atoms with E-state index < -0.39 is 6.10 Å². The van der Waals surface area contributed by atoms with E-state index in [9.17, 15) is 4.79 Å². The van der Waals surface area contributed by atoms with E-state index in [2.05, 4.69) is 21.2 Å². The fourth-order valence-electron chi connectivity index (χ4n) is 1.76. The quantitative estimate of drug-likeness (QED) is 0.670. The molecule has 18 heavy (non-hydrogen) atoms. The number of alkyl halides is 1. The number of carbonyl (C=O) groups excluding carboxylic acids is 1. The molecule has 1 N–H and O–H groups in total. The first-order valence-electron chi connectivity index (χ1n) is 5.41. The number of hydrogen-bond acceptors (Lipinski definition) is 4. The number of benzene rings is 1. The number of rotatable bonds is 2. The summed E-state index contributed by atoms with van der Waals surface area (Å²) in [6.07, 6.45) is 2.92. The van der Waals surface area contributed by atoms with Gasteiger partial charge >= 0.3 is 0 Å². The summed E-state index contributed by atoms with van der Waals surface area (Å²) in [4.78, 5) is 11.9. The van der Waals surface area contributed by atoms with Gasteiger partial charge in [0.25, 0.3) is 5.91 Å². The summed E-state index contributed by atoms with van der Waals surface area (Å²) in [6.45, 7) is 0.215. The molecule has 0 spiro atoms. The predicted molar refractivity (Wildman–Crippen MR) is 67.9 cm³/mol. The van der Waals surface area contributed by atoms with Crippen LogP contribution in [0.15, 0.2) is 30.4 Å². The Bertz CT molecular complexity index is 517. The minimum absolute atomic E-state index is 0.204. The number of nitrogens with one attached hydrogen (secondary N) is 1. The molecule has 3 rings (SSSR count). The van der Waals surface area contributed by atoms with Crippen LogP contribution in [0.2, 0.25) is 0 Å². The van der Waals surface area contributed by atoms with Gasteiger partial charge in [-0.25, -0.2) is 0 Å². The van der Waals surface area contributed by atoms with Crippen molar-refractivity contribution in [1.82, 2.24) is 0 Å². The molecule has 0 aromatic heterocycles. The van der Waals surface area contributed by atoms with Crippen LogP contribution in [-0.2, 0) is 9.53 Å². The van der Waals surface area contributed by atoms with Gasteiger partial charge in [0.05, 0.1) is 0 Å². The molecule has 1 aromatic carbocycles. The zero-order chi connectivity index (χ0) is 12.5. The standard InChI is InChI=1S/C12H10BrNO4/c13-11-4-3-9(18-11)12(15)14-7-1-2-8-10(5-7)17-6-16-8/h1-5,9,11H,6H2,(H,14,15). The van der Waals surface area contributed by atoms with Gasteiger partial charge in [-0.3, -0.25) is 4.79 Å². The Morgan fingerprint density at radius 2 is 2.11 bits per heavy atom. The Morgan fingerprint density at radius 1 is 1.28 bits per heavy atom. The monoisotopic (exact) mass is 311 g/mol. The molecule has 0 aliphatic carbocycles.